The minimum Gasteiger partial charge on any atom is -0.465 e. The molecule has 0 aromatic rings. The molecule has 0 radical (unpaired) electrons. The summed E-state index contributed by atoms with van der Waals surface area (Å²) in [7, 11) is -2.13. The number of aliphatic hydroxyl groups excluding tert-OH is 1. The second-order valence-corrected chi connectivity index (χ2v) is 14.3. The number of nitrogens with zero attached hydrogens (tertiary/aromatic N) is 1. The highest BCUT2D eigenvalue weighted by atomic mass is 28.4. The maximum Gasteiger partial charge on any atom is 0.409 e. The van der Waals surface area contributed by atoms with Gasteiger partial charge in [0.05, 0.1) is 18.8 Å². The van der Waals surface area contributed by atoms with Crippen molar-refractivity contribution in [1.29, 1.82) is 0 Å². The average molecular weight is 374 g/mol. The van der Waals surface area contributed by atoms with Crippen LogP contribution in [0.2, 0.25) is 18.1 Å². The van der Waals surface area contributed by atoms with Gasteiger partial charge in [0.2, 0.25) is 0 Å². The van der Waals surface area contributed by atoms with Gasteiger partial charge in [-0.2, -0.15) is 0 Å². The molecule has 1 aliphatic carbocycles. The lowest BCUT2D eigenvalue weighted by Gasteiger charge is -2.45. The van der Waals surface area contributed by atoms with E-state index in [-0.39, 0.29) is 29.7 Å². The molecule has 0 aromatic carbocycles. The molecule has 1 amide bonds. The van der Waals surface area contributed by atoms with Gasteiger partial charge in [0.1, 0.15) is 5.72 Å². The van der Waals surface area contributed by atoms with Gasteiger partial charge in [-0.3, -0.25) is 4.90 Å². The van der Waals surface area contributed by atoms with E-state index in [1.165, 1.54) is 4.90 Å². The van der Waals surface area contributed by atoms with E-state index in [4.69, 9.17) is 9.16 Å². The summed E-state index contributed by atoms with van der Waals surface area (Å²) >= 11 is 0. The van der Waals surface area contributed by atoms with Crippen molar-refractivity contribution in [3.63, 3.8) is 0 Å². The van der Waals surface area contributed by atoms with E-state index in [2.05, 4.69) is 33.9 Å². The number of carboxylic acid groups (broad SMARTS) is 1. The summed E-state index contributed by atoms with van der Waals surface area (Å²) in [6.45, 7) is 14.7. The number of aliphatic hydroxyl groups is 1. The molecule has 6 nitrogen and oxygen atoms in total. The summed E-state index contributed by atoms with van der Waals surface area (Å²) in [6, 6.07) is -0.389. The number of hydrogen-bond donors (Lipinski definition) is 2. The molecule has 7 heteroatoms. The van der Waals surface area contributed by atoms with E-state index < -0.39 is 20.1 Å². The van der Waals surface area contributed by atoms with E-state index in [1.54, 1.807) is 13.8 Å². The minimum absolute atomic E-state index is 0.0117. The van der Waals surface area contributed by atoms with Crippen LogP contribution in [0.3, 0.4) is 0 Å². The molecule has 0 spiro atoms. The summed E-state index contributed by atoms with van der Waals surface area (Å²) in [6.07, 6.45) is 0.819. The van der Waals surface area contributed by atoms with Crippen LogP contribution in [0.1, 0.15) is 47.5 Å². The van der Waals surface area contributed by atoms with Crippen molar-refractivity contribution in [2.45, 2.75) is 83.5 Å². The number of hydrogen-bond acceptors (Lipinski definition) is 4. The van der Waals surface area contributed by atoms with E-state index in [9.17, 15) is 15.0 Å². The van der Waals surface area contributed by atoms with Gasteiger partial charge >= 0.3 is 6.09 Å². The molecule has 0 bridgehead atoms. The molecule has 2 N–H and O–H groups in total. The second kappa shape index (κ2) is 6.83. The molecular weight excluding hydrogens is 338 g/mol. The van der Waals surface area contributed by atoms with Crippen LogP contribution in [-0.4, -0.2) is 60.6 Å². The quantitative estimate of drug-likeness (QED) is 0.697. The largest absolute Gasteiger partial charge is 0.465 e. The van der Waals surface area contributed by atoms with Gasteiger partial charge in [-0.15, -0.1) is 0 Å². The summed E-state index contributed by atoms with van der Waals surface area (Å²) in [5.41, 5.74) is -0.880. The van der Waals surface area contributed by atoms with E-state index in [0.29, 0.717) is 12.5 Å². The normalized spacial score (nSPS) is 26.6. The first-order valence-corrected chi connectivity index (χ1v) is 12.2. The lowest BCUT2D eigenvalue weighted by molar-refractivity contribution is -0.0511. The lowest BCUT2D eigenvalue weighted by Crippen LogP contribution is -2.58. The smallest absolute Gasteiger partial charge is 0.409 e. The summed E-state index contributed by atoms with van der Waals surface area (Å²) in [5.74, 6) is 0.373. The van der Waals surface area contributed by atoms with Crippen LogP contribution < -0.4 is 0 Å². The second-order valence-electron chi connectivity index (χ2n) is 9.50. The van der Waals surface area contributed by atoms with Crippen LogP contribution in [0.5, 0.6) is 0 Å². The van der Waals surface area contributed by atoms with E-state index >= 15 is 0 Å². The first-order chi connectivity index (χ1) is 11.3. The third kappa shape index (κ3) is 4.21. The first-order valence-electron chi connectivity index (χ1n) is 9.26. The zero-order valence-electron chi connectivity index (χ0n) is 16.7. The predicted molar refractivity (Wildman–Crippen MR) is 99.1 cm³/mol. The standard InChI is InChI=1S/C18H35NO5Si/c1-17(2,3)25(6,7)24-15(13(10-20)12-8-9-12)14-11-23-18(4,5)19(14)16(21)22/h12-15,20H,8-11H2,1-7H3,(H,21,22)/t13-,14-,15?/m1/s1. The fraction of sp³-hybridized carbons (Fsp3) is 0.944. The molecule has 0 aromatic heterocycles. The molecule has 3 atom stereocenters. The van der Waals surface area contributed by atoms with Crippen LogP contribution in [-0.2, 0) is 9.16 Å². The number of ether oxygens (including phenoxy) is 1. The Morgan fingerprint density at radius 2 is 1.92 bits per heavy atom. The zero-order chi connectivity index (χ0) is 19.2. The molecule has 1 heterocycles. The Hall–Kier alpha value is -0.633. The maximum atomic E-state index is 11.9. The topological polar surface area (TPSA) is 79.2 Å². The van der Waals surface area contributed by atoms with E-state index in [1.807, 2.05) is 0 Å². The minimum atomic E-state index is -2.13. The predicted octanol–water partition coefficient (Wildman–Crippen LogP) is 3.51. The van der Waals surface area contributed by atoms with Gasteiger partial charge in [-0.25, -0.2) is 4.79 Å². The Morgan fingerprint density at radius 3 is 2.32 bits per heavy atom. The lowest BCUT2D eigenvalue weighted by atomic mass is 9.92. The SMILES string of the molecule is CC1(C)OC[C@H](C(O[Si](C)(C)C(C)(C)C)[C@H](CO)C2CC2)N1C(=O)O. The van der Waals surface area contributed by atoms with Gasteiger partial charge in [-0.05, 0) is 50.7 Å². The fourth-order valence-corrected chi connectivity index (χ4v) is 4.83. The van der Waals surface area contributed by atoms with Crippen LogP contribution in [0.25, 0.3) is 0 Å². The van der Waals surface area contributed by atoms with Gasteiger partial charge in [0.15, 0.2) is 8.32 Å². The molecule has 2 aliphatic rings. The van der Waals surface area contributed by atoms with Crippen molar-refractivity contribution in [2.75, 3.05) is 13.2 Å². The Morgan fingerprint density at radius 1 is 1.36 bits per heavy atom. The number of carbonyl (C=O) groups is 1. The molecule has 25 heavy (non-hydrogen) atoms. The van der Waals surface area contributed by atoms with Gasteiger partial charge in [-0.1, -0.05) is 20.8 Å². The molecule has 2 rings (SSSR count). The average Bonchev–Trinajstić information content (AvgIpc) is 3.20. The first kappa shape index (κ1) is 20.7. The highest BCUT2D eigenvalue weighted by Gasteiger charge is 2.53. The molecule has 2 fully saturated rings. The van der Waals surface area contributed by atoms with Crippen molar-refractivity contribution >= 4 is 14.4 Å². The Balaban J connectivity index is 2.36. The zero-order valence-corrected chi connectivity index (χ0v) is 17.7. The summed E-state index contributed by atoms with van der Waals surface area (Å²) in [5, 5.41) is 19.8. The summed E-state index contributed by atoms with van der Waals surface area (Å²) in [4.78, 5) is 13.3. The van der Waals surface area contributed by atoms with Crippen molar-refractivity contribution in [3.05, 3.63) is 0 Å². The molecule has 1 saturated carbocycles. The van der Waals surface area contributed by atoms with Crippen molar-refractivity contribution in [3.8, 4) is 0 Å². The summed E-state index contributed by atoms with van der Waals surface area (Å²) < 4.78 is 12.5. The van der Waals surface area contributed by atoms with Crippen molar-refractivity contribution in [1.82, 2.24) is 4.90 Å². The van der Waals surface area contributed by atoms with Crippen LogP contribution in [0.4, 0.5) is 4.79 Å². The maximum absolute atomic E-state index is 11.9. The number of rotatable bonds is 6. The molecule has 1 aliphatic heterocycles. The van der Waals surface area contributed by atoms with Crippen LogP contribution >= 0.6 is 0 Å². The Bertz CT molecular complexity index is 498. The molecule has 1 saturated heterocycles. The highest BCUT2D eigenvalue weighted by Crippen LogP contribution is 2.46. The van der Waals surface area contributed by atoms with Crippen LogP contribution in [0.15, 0.2) is 0 Å². The highest BCUT2D eigenvalue weighted by molar-refractivity contribution is 6.74. The number of amides is 1. The molecular formula is C18H35NO5Si. The van der Waals surface area contributed by atoms with Crippen molar-refractivity contribution < 1.29 is 24.2 Å². The third-order valence-corrected chi connectivity index (χ3v) is 10.7. The molecule has 146 valence electrons. The van der Waals surface area contributed by atoms with Crippen molar-refractivity contribution in [2.24, 2.45) is 11.8 Å². The Kier molecular flexibility index (Phi) is 5.65. The van der Waals surface area contributed by atoms with Gasteiger partial charge in [0.25, 0.3) is 0 Å². The van der Waals surface area contributed by atoms with Gasteiger partial charge < -0.3 is 19.4 Å². The fourth-order valence-electron chi connectivity index (χ4n) is 3.46. The molecule has 1 unspecified atom stereocenters. The van der Waals surface area contributed by atoms with E-state index in [0.717, 1.165) is 12.8 Å². The van der Waals surface area contributed by atoms with Crippen LogP contribution in [0, 0.1) is 11.8 Å². The third-order valence-electron chi connectivity index (χ3n) is 6.20. The Labute approximate surface area is 152 Å². The van der Waals surface area contributed by atoms with Gasteiger partial charge in [0, 0.05) is 12.5 Å². The monoisotopic (exact) mass is 373 g/mol.